The van der Waals surface area contributed by atoms with E-state index in [1.54, 1.807) is 17.6 Å². The molecule has 0 aliphatic heterocycles. The number of rotatable bonds is 10. The third-order valence-electron chi connectivity index (χ3n) is 3.48. The minimum atomic E-state index is 0. The minimum Gasteiger partial charge on any atom is -0.467 e. The number of guanidine groups is 1. The number of aliphatic imine (C=N–C) groups is 1. The molecule has 0 bridgehead atoms. The van der Waals surface area contributed by atoms with E-state index in [1.165, 1.54) is 4.88 Å². The van der Waals surface area contributed by atoms with E-state index >= 15 is 0 Å². The lowest BCUT2D eigenvalue weighted by molar-refractivity contribution is 0.105. The highest BCUT2D eigenvalue weighted by atomic mass is 127. The molecule has 0 spiro atoms. The van der Waals surface area contributed by atoms with Crippen LogP contribution in [0.5, 0.6) is 0 Å². The van der Waals surface area contributed by atoms with Gasteiger partial charge in [0.05, 0.1) is 12.8 Å². The molecule has 2 heterocycles. The number of ether oxygens (including phenoxy) is 1. The Morgan fingerprint density at radius 1 is 1.32 bits per heavy atom. The molecule has 1 unspecified atom stereocenters. The largest absolute Gasteiger partial charge is 0.467 e. The zero-order chi connectivity index (χ0) is 17.0. The average Bonchev–Trinajstić information content (AvgIpc) is 3.28. The summed E-state index contributed by atoms with van der Waals surface area (Å²) in [5, 5.41) is 8.75. The van der Waals surface area contributed by atoms with Gasteiger partial charge in [0.1, 0.15) is 12.4 Å². The summed E-state index contributed by atoms with van der Waals surface area (Å²) in [5.41, 5.74) is 0. The van der Waals surface area contributed by atoms with Crippen molar-refractivity contribution in [3.63, 3.8) is 0 Å². The Morgan fingerprint density at radius 2 is 2.20 bits per heavy atom. The number of halogens is 1. The first kappa shape index (κ1) is 22.0. The molecule has 2 aromatic rings. The zero-order valence-corrected chi connectivity index (χ0v) is 18.0. The van der Waals surface area contributed by atoms with Crippen LogP contribution in [0.25, 0.3) is 0 Å². The third kappa shape index (κ3) is 8.73. The highest BCUT2D eigenvalue weighted by Gasteiger charge is 2.06. The van der Waals surface area contributed by atoms with Crippen molar-refractivity contribution in [3.8, 4) is 0 Å². The fraction of sp³-hybridized carbons (Fsp3) is 0.500. The molecule has 0 aliphatic carbocycles. The number of nitrogens with zero attached hydrogens (tertiary/aromatic N) is 1. The van der Waals surface area contributed by atoms with Crippen molar-refractivity contribution in [1.82, 2.24) is 10.6 Å². The number of furan rings is 1. The predicted octanol–water partition coefficient (Wildman–Crippen LogP) is 4.22. The van der Waals surface area contributed by atoms with Crippen LogP contribution in [0.15, 0.2) is 45.3 Å². The van der Waals surface area contributed by atoms with Gasteiger partial charge in [-0.2, -0.15) is 0 Å². The molecule has 2 aromatic heterocycles. The second-order valence-electron chi connectivity index (χ2n) is 5.55. The van der Waals surface area contributed by atoms with Gasteiger partial charge in [0.25, 0.3) is 0 Å². The summed E-state index contributed by atoms with van der Waals surface area (Å²) >= 11 is 1.79. The summed E-state index contributed by atoms with van der Waals surface area (Å²) in [5.74, 6) is 2.17. The van der Waals surface area contributed by atoms with Gasteiger partial charge in [0.2, 0.25) is 0 Å². The van der Waals surface area contributed by atoms with Crippen molar-refractivity contribution < 1.29 is 9.15 Å². The lowest BCUT2D eigenvalue weighted by atomic mass is 10.1. The second kappa shape index (κ2) is 13.2. The van der Waals surface area contributed by atoms with Crippen LogP contribution in [-0.2, 0) is 11.3 Å². The van der Waals surface area contributed by atoms with Gasteiger partial charge >= 0.3 is 0 Å². The second-order valence-corrected chi connectivity index (χ2v) is 6.53. The monoisotopic (exact) mass is 477 g/mol. The van der Waals surface area contributed by atoms with Crippen LogP contribution >= 0.6 is 35.3 Å². The first-order chi connectivity index (χ1) is 11.8. The molecule has 0 amide bonds. The Hall–Kier alpha value is -1.06. The molecule has 25 heavy (non-hydrogen) atoms. The maximum atomic E-state index is 5.57. The van der Waals surface area contributed by atoms with E-state index in [0.717, 1.165) is 37.8 Å². The fourth-order valence-corrected chi connectivity index (χ4v) is 2.96. The smallest absolute Gasteiger partial charge is 0.191 e. The highest BCUT2D eigenvalue weighted by molar-refractivity contribution is 14.0. The highest BCUT2D eigenvalue weighted by Crippen LogP contribution is 2.20. The standard InChI is InChI=1S/C18H27N3O2S.HI/c1-3-19-18(21-13-15(2)17-8-5-12-24-17)20-9-6-10-22-14-16-7-4-11-23-16;/h4-5,7-8,11-12,15H,3,6,9-10,13-14H2,1-2H3,(H2,19,20,21);1H. The van der Waals surface area contributed by atoms with E-state index < -0.39 is 0 Å². The van der Waals surface area contributed by atoms with Crippen molar-refractivity contribution >= 4 is 41.3 Å². The fourth-order valence-electron chi connectivity index (χ4n) is 2.18. The molecular weight excluding hydrogens is 449 g/mol. The topological polar surface area (TPSA) is 58.8 Å². The zero-order valence-electron chi connectivity index (χ0n) is 14.9. The van der Waals surface area contributed by atoms with Crippen molar-refractivity contribution in [2.24, 2.45) is 4.99 Å². The van der Waals surface area contributed by atoms with Crippen molar-refractivity contribution in [1.29, 1.82) is 0 Å². The van der Waals surface area contributed by atoms with Gasteiger partial charge in [-0.1, -0.05) is 13.0 Å². The van der Waals surface area contributed by atoms with Crippen LogP contribution < -0.4 is 10.6 Å². The first-order valence-corrected chi connectivity index (χ1v) is 9.33. The number of hydrogen-bond donors (Lipinski definition) is 2. The molecule has 7 heteroatoms. The summed E-state index contributed by atoms with van der Waals surface area (Å²) in [7, 11) is 0. The average molecular weight is 477 g/mol. The van der Waals surface area contributed by atoms with E-state index in [-0.39, 0.29) is 24.0 Å². The van der Waals surface area contributed by atoms with E-state index in [1.807, 2.05) is 12.1 Å². The first-order valence-electron chi connectivity index (χ1n) is 8.45. The Kier molecular flexibility index (Phi) is 11.6. The van der Waals surface area contributed by atoms with Crippen molar-refractivity contribution in [2.75, 3.05) is 26.2 Å². The molecule has 140 valence electrons. The molecule has 0 aliphatic rings. The van der Waals surface area contributed by atoms with Crippen molar-refractivity contribution in [3.05, 3.63) is 46.5 Å². The van der Waals surface area contributed by atoms with Crippen LogP contribution in [0.2, 0.25) is 0 Å². The van der Waals surface area contributed by atoms with Crippen LogP contribution in [0, 0.1) is 0 Å². The quantitative estimate of drug-likeness (QED) is 0.233. The summed E-state index contributed by atoms with van der Waals surface area (Å²) in [4.78, 5) is 6.05. The van der Waals surface area contributed by atoms with Gasteiger partial charge < -0.3 is 19.8 Å². The minimum absolute atomic E-state index is 0. The van der Waals surface area contributed by atoms with Gasteiger partial charge in [-0.25, -0.2) is 0 Å². The Bertz CT molecular complexity index is 573. The summed E-state index contributed by atoms with van der Waals surface area (Å²) < 4.78 is 10.8. The number of thiophene rings is 1. The predicted molar refractivity (Wildman–Crippen MR) is 115 cm³/mol. The normalized spacial score (nSPS) is 12.5. The Morgan fingerprint density at radius 3 is 2.88 bits per heavy atom. The van der Waals surface area contributed by atoms with Crippen molar-refractivity contribution in [2.45, 2.75) is 32.8 Å². The Labute approximate surface area is 171 Å². The lowest BCUT2D eigenvalue weighted by Crippen LogP contribution is -2.38. The maximum absolute atomic E-state index is 5.57. The maximum Gasteiger partial charge on any atom is 0.191 e. The van der Waals surface area contributed by atoms with Crippen LogP contribution in [0.3, 0.4) is 0 Å². The molecule has 5 nitrogen and oxygen atoms in total. The molecule has 0 saturated carbocycles. The molecule has 0 fully saturated rings. The molecular formula is C18H28IN3O2S. The van der Waals surface area contributed by atoms with Gasteiger partial charge in [0.15, 0.2) is 5.96 Å². The van der Waals surface area contributed by atoms with E-state index in [0.29, 0.717) is 19.1 Å². The lowest BCUT2D eigenvalue weighted by Gasteiger charge is -2.13. The summed E-state index contributed by atoms with van der Waals surface area (Å²) in [6.07, 6.45) is 2.59. The van der Waals surface area contributed by atoms with E-state index in [4.69, 9.17) is 9.15 Å². The molecule has 0 saturated heterocycles. The molecule has 0 radical (unpaired) electrons. The number of hydrogen-bond acceptors (Lipinski definition) is 4. The molecule has 2 N–H and O–H groups in total. The SMILES string of the molecule is CCNC(=NCC(C)c1cccs1)NCCCOCc1ccco1.I. The molecule has 1 atom stereocenters. The summed E-state index contributed by atoms with van der Waals surface area (Å²) in [6.45, 7) is 7.97. The summed E-state index contributed by atoms with van der Waals surface area (Å²) in [6, 6.07) is 8.05. The van der Waals surface area contributed by atoms with Crippen LogP contribution in [0.1, 0.15) is 36.8 Å². The third-order valence-corrected chi connectivity index (χ3v) is 4.58. The van der Waals surface area contributed by atoms with E-state index in [2.05, 4.69) is 47.0 Å². The van der Waals surface area contributed by atoms with Gasteiger partial charge in [-0.15, -0.1) is 35.3 Å². The van der Waals surface area contributed by atoms with Gasteiger partial charge in [-0.05, 0) is 36.9 Å². The van der Waals surface area contributed by atoms with Gasteiger partial charge in [-0.3, -0.25) is 4.99 Å². The number of nitrogens with one attached hydrogen (secondary N) is 2. The van der Waals surface area contributed by atoms with Gasteiger partial charge in [0, 0.05) is 30.5 Å². The van der Waals surface area contributed by atoms with Crippen LogP contribution in [-0.4, -0.2) is 32.2 Å². The molecule has 0 aromatic carbocycles. The Balaban J connectivity index is 0.00000312. The van der Waals surface area contributed by atoms with Crippen LogP contribution in [0.4, 0.5) is 0 Å². The molecule has 2 rings (SSSR count). The van der Waals surface area contributed by atoms with E-state index in [9.17, 15) is 0 Å².